The van der Waals surface area contributed by atoms with Crippen LogP contribution in [-0.2, 0) is 11.2 Å². The van der Waals surface area contributed by atoms with Gasteiger partial charge in [0.1, 0.15) is 0 Å². The van der Waals surface area contributed by atoms with Crippen molar-refractivity contribution in [3.8, 4) is 11.5 Å². The number of anilines is 3. The van der Waals surface area contributed by atoms with Gasteiger partial charge < -0.3 is 24.6 Å². The number of non-ortho nitro benzene ring substituents is 1. The average molecular weight is 503 g/mol. The number of nitro benzene ring substituents is 1. The molecule has 2 heterocycles. The number of nitro groups is 1. The Balaban J connectivity index is 1.47. The van der Waals surface area contributed by atoms with Crippen molar-refractivity contribution in [2.45, 2.75) is 19.4 Å². The Morgan fingerprint density at radius 3 is 2.46 bits per heavy atom. The van der Waals surface area contributed by atoms with Crippen molar-refractivity contribution in [1.29, 1.82) is 0 Å². The summed E-state index contributed by atoms with van der Waals surface area (Å²) >= 11 is 0. The summed E-state index contributed by atoms with van der Waals surface area (Å²) in [5.41, 5.74) is 4.75. The number of methoxy groups -OCH3 is 2. The fourth-order valence-electron chi connectivity index (χ4n) is 5.36. The Hall–Kier alpha value is -4.27. The minimum atomic E-state index is -0.407. The van der Waals surface area contributed by atoms with Gasteiger partial charge in [0.2, 0.25) is 5.91 Å². The van der Waals surface area contributed by atoms with Gasteiger partial charge in [-0.1, -0.05) is 17.7 Å². The quantitative estimate of drug-likeness (QED) is 0.393. The Labute approximate surface area is 215 Å². The Morgan fingerprint density at radius 1 is 1.00 bits per heavy atom. The van der Waals surface area contributed by atoms with Crippen LogP contribution in [-0.4, -0.2) is 50.7 Å². The monoisotopic (exact) mass is 502 g/mol. The number of carbonyl (C=O) groups is 1. The molecule has 9 nitrogen and oxygen atoms in total. The topological polar surface area (TPSA) is 97.2 Å². The Morgan fingerprint density at radius 2 is 1.76 bits per heavy atom. The molecule has 0 aliphatic carbocycles. The zero-order chi connectivity index (χ0) is 26.1. The van der Waals surface area contributed by atoms with E-state index < -0.39 is 5.92 Å². The minimum absolute atomic E-state index is 0.0366. The molecule has 0 radical (unpaired) electrons. The van der Waals surface area contributed by atoms with Gasteiger partial charge in [-0.25, -0.2) is 0 Å². The van der Waals surface area contributed by atoms with Gasteiger partial charge >= 0.3 is 0 Å². The molecule has 2 aliphatic rings. The lowest BCUT2D eigenvalue weighted by Crippen LogP contribution is -2.60. The SMILES string of the molecule is COc1ccc(NC(=O)C2Cc3cc([N+](=O)[O-])ccc3N3CCN(c4ccc(C)cc4)CC23)cc1OC. The summed E-state index contributed by atoms with van der Waals surface area (Å²) in [6.07, 6.45) is 0.416. The van der Waals surface area contributed by atoms with E-state index in [1.54, 1.807) is 44.6 Å². The van der Waals surface area contributed by atoms with Gasteiger partial charge in [-0.3, -0.25) is 14.9 Å². The molecule has 2 unspecified atom stereocenters. The number of nitrogens with one attached hydrogen (secondary N) is 1. The van der Waals surface area contributed by atoms with Crippen LogP contribution >= 0.6 is 0 Å². The molecule has 37 heavy (non-hydrogen) atoms. The first-order valence-corrected chi connectivity index (χ1v) is 12.3. The average Bonchev–Trinajstić information content (AvgIpc) is 2.92. The highest BCUT2D eigenvalue weighted by Gasteiger charge is 2.42. The molecule has 192 valence electrons. The second-order valence-electron chi connectivity index (χ2n) is 9.48. The highest BCUT2D eigenvalue weighted by Crippen LogP contribution is 2.39. The summed E-state index contributed by atoms with van der Waals surface area (Å²) in [6.45, 7) is 4.24. The van der Waals surface area contributed by atoms with E-state index in [-0.39, 0.29) is 22.6 Å². The van der Waals surface area contributed by atoms with Crippen LogP contribution in [0.4, 0.5) is 22.7 Å². The third-order valence-corrected chi connectivity index (χ3v) is 7.29. The molecule has 5 rings (SSSR count). The van der Waals surface area contributed by atoms with Crippen LogP contribution in [0.15, 0.2) is 60.7 Å². The van der Waals surface area contributed by atoms with E-state index in [1.165, 1.54) is 5.56 Å². The first kappa shape index (κ1) is 24.4. The molecule has 1 N–H and O–H groups in total. The van der Waals surface area contributed by atoms with E-state index in [1.807, 2.05) is 6.07 Å². The standard InChI is InChI=1S/C28H30N4O5/c1-18-4-7-21(8-5-18)30-12-13-31-24-10-9-22(32(34)35)14-19(24)15-23(25(31)17-30)28(33)29-20-6-11-26(36-2)27(16-20)37-3/h4-11,14,16,23,25H,12-13,15,17H2,1-3H3,(H,29,33). The molecule has 0 spiro atoms. The van der Waals surface area contributed by atoms with Crippen LogP contribution in [0, 0.1) is 23.0 Å². The van der Waals surface area contributed by atoms with Crippen LogP contribution in [0.3, 0.4) is 0 Å². The number of hydrogen-bond acceptors (Lipinski definition) is 7. The zero-order valence-electron chi connectivity index (χ0n) is 21.1. The molecule has 0 saturated carbocycles. The van der Waals surface area contributed by atoms with E-state index in [4.69, 9.17) is 9.47 Å². The highest BCUT2D eigenvalue weighted by molar-refractivity contribution is 5.94. The largest absolute Gasteiger partial charge is 0.493 e. The summed E-state index contributed by atoms with van der Waals surface area (Å²) in [6, 6.07) is 18.6. The van der Waals surface area contributed by atoms with Gasteiger partial charge in [0.15, 0.2) is 11.5 Å². The first-order valence-electron chi connectivity index (χ1n) is 12.3. The lowest BCUT2D eigenvalue weighted by atomic mass is 9.83. The predicted molar refractivity (Wildman–Crippen MR) is 143 cm³/mol. The normalized spacial score (nSPS) is 18.5. The van der Waals surface area contributed by atoms with Gasteiger partial charge in [0.25, 0.3) is 5.69 Å². The number of ether oxygens (including phenoxy) is 2. The molecular weight excluding hydrogens is 472 g/mol. The minimum Gasteiger partial charge on any atom is -0.493 e. The van der Waals surface area contributed by atoms with Crippen molar-refractivity contribution in [3.63, 3.8) is 0 Å². The van der Waals surface area contributed by atoms with Crippen molar-refractivity contribution in [2.24, 2.45) is 5.92 Å². The number of aryl methyl sites for hydroxylation is 1. The summed E-state index contributed by atoms with van der Waals surface area (Å²) in [5.74, 6) is 0.558. The van der Waals surface area contributed by atoms with Crippen molar-refractivity contribution in [3.05, 3.63) is 81.9 Å². The molecule has 3 aromatic carbocycles. The predicted octanol–water partition coefficient (Wildman–Crippen LogP) is 4.43. The summed E-state index contributed by atoms with van der Waals surface area (Å²) < 4.78 is 10.7. The second-order valence-corrected chi connectivity index (χ2v) is 9.48. The van der Waals surface area contributed by atoms with Gasteiger partial charge in [-0.05, 0) is 49.2 Å². The fraction of sp³-hybridized carbons (Fsp3) is 0.321. The van der Waals surface area contributed by atoms with E-state index in [0.717, 1.165) is 23.5 Å². The fourth-order valence-corrected chi connectivity index (χ4v) is 5.36. The van der Waals surface area contributed by atoms with Crippen LogP contribution in [0.25, 0.3) is 0 Å². The number of carbonyl (C=O) groups excluding carboxylic acids is 1. The number of nitrogens with zero attached hydrogens (tertiary/aromatic N) is 3. The molecule has 3 aromatic rings. The molecule has 0 aromatic heterocycles. The Kier molecular flexibility index (Phi) is 6.60. The van der Waals surface area contributed by atoms with Gasteiger partial charge in [-0.15, -0.1) is 0 Å². The lowest BCUT2D eigenvalue weighted by molar-refractivity contribution is -0.384. The number of fused-ring (bicyclic) bond motifs is 3. The van der Waals surface area contributed by atoms with E-state index in [0.29, 0.717) is 36.7 Å². The lowest BCUT2D eigenvalue weighted by Gasteiger charge is -2.49. The molecule has 0 bridgehead atoms. The third kappa shape index (κ3) is 4.76. The molecule has 2 atom stereocenters. The first-order chi connectivity index (χ1) is 17.9. The number of amides is 1. The van der Waals surface area contributed by atoms with Crippen LogP contribution in [0.5, 0.6) is 11.5 Å². The maximum Gasteiger partial charge on any atom is 0.269 e. The van der Waals surface area contributed by atoms with Crippen LogP contribution in [0.1, 0.15) is 11.1 Å². The molecule has 1 fully saturated rings. The smallest absolute Gasteiger partial charge is 0.269 e. The van der Waals surface area contributed by atoms with Gasteiger partial charge in [-0.2, -0.15) is 0 Å². The number of piperazine rings is 1. The van der Waals surface area contributed by atoms with E-state index in [9.17, 15) is 14.9 Å². The van der Waals surface area contributed by atoms with E-state index in [2.05, 4.69) is 46.3 Å². The van der Waals surface area contributed by atoms with Crippen molar-refractivity contribution in [2.75, 3.05) is 49.0 Å². The second kappa shape index (κ2) is 10.0. The van der Waals surface area contributed by atoms with E-state index >= 15 is 0 Å². The van der Waals surface area contributed by atoms with Gasteiger partial charge in [0, 0.05) is 54.9 Å². The molecule has 2 aliphatic heterocycles. The highest BCUT2D eigenvalue weighted by atomic mass is 16.6. The maximum atomic E-state index is 13.7. The van der Waals surface area contributed by atoms with Gasteiger partial charge in [0.05, 0.1) is 31.1 Å². The van der Waals surface area contributed by atoms with Crippen LogP contribution in [0.2, 0.25) is 0 Å². The third-order valence-electron chi connectivity index (χ3n) is 7.29. The van der Waals surface area contributed by atoms with Crippen molar-refractivity contribution in [1.82, 2.24) is 0 Å². The molecule has 1 amide bonds. The summed E-state index contributed by atoms with van der Waals surface area (Å²) in [5, 5.41) is 14.5. The molecule has 1 saturated heterocycles. The number of hydrogen-bond donors (Lipinski definition) is 1. The van der Waals surface area contributed by atoms with Crippen molar-refractivity contribution >= 4 is 28.7 Å². The van der Waals surface area contributed by atoms with Crippen LogP contribution < -0.4 is 24.6 Å². The van der Waals surface area contributed by atoms with Crippen molar-refractivity contribution < 1.29 is 19.2 Å². The summed E-state index contributed by atoms with van der Waals surface area (Å²) in [7, 11) is 3.11. The summed E-state index contributed by atoms with van der Waals surface area (Å²) in [4.78, 5) is 29.3. The number of rotatable bonds is 6. The molecule has 9 heteroatoms. The zero-order valence-corrected chi connectivity index (χ0v) is 21.1. The Bertz CT molecular complexity index is 1330. The molecular formula is C28H30N4O5. The number of benzene rings is 3. The maximum absolute atomic E-state index is 13.7.